The molecule has 96 valence electrons. The van der Waals surface area contributed by atoms with Gasteiger partial charge in [-0.2, -0.15) is 0 Å². The van der Waals surface area contributed by atoms with E-state index in [0.29, 0.717) is 23.1 Å². The molecule has 0 bridgehead atoms. The van der Waals surface area contributed by atoms with Gasteiger partial charge in [-0.3, -0.25) is 0 Å². The Bertz CT molecular complexity index is 566. The number of rotatable bonds is 3. The summed E-state index contributed by atoms with van der Waals surface area (Å²) in [7, 11) is 0. The van der Waals surface area contributed by atoms with Crippen LogP contribution in [0.3, 0.4) is 0 Å². The Labute approximate surface area is 110 Å². The molecule has 0 radical (unpaired) electrons. The van der Waals surface area contributed by atoms with Gasteiger partial charge in [0.2, 0.25) is 0 Å². The van der Waals surface area contributed by atoms with Crippen molar-refractivity contribution in [1.82, 2.24) is 5.16 Å². The normalized spacial score (nSPS) is 11.2. The van der Waals surface area contributed by atoms with Gasteiger partial charge in [-0.25, -0.2) is 4.39 Å². The summed E-state index contributed by atoms with van der Waals surface area (Å²) in [5.74, 6) is 0.785. The molecule has 18 heavy (non-hydrogen) atoms. The fourth-order valence-corrected chi connectivity index (χ4v) is 1.91. The molecule has 0 saturated heterocycles. The molecule has 0 spiro atoms. The zero-order chi connectivity index (χ0) is 13.3. The molecule has 1 heterocycles. The first-order valence-corrected chi connectivity index (χ1v) is 6.06. The molecule has 0 atom stereocenters. The fraction of sp³-hybridized carbons (Fsp3) is 0.308. The van der Waals surface area contributed by atoms with Gasteiger partial charge in [0.15, 0.2) is 11.6 Å². The summed E-state index contributed by atoms with van der Waals surface area (Å²) in [6.07, 6.45) is 0.731. The average molecular weight is 269 g/mol. The molecule has 2 aromatic rings. The van der Waals surface area contributed by atoms with E-state index in [9.17, 15) is 4.39 Å². The van der Waals surface area contributed by atoms with Crippen molar-refractivity contribution in [2.75, 3.05) is 5.73 Å². The Balaban J connectivity index is 2.47. The molecule has 0 aliphatic carbocycles. The quantitative estimate of drug-likeness (QED) is 0.918. The molecule has 1 aromatic heterocycles. The van der Waals surface area contributed by atoms with Crippen molar-refractivity contribution in [3.8, 4) is 11.3 Å². The van der Waals surface area contributed by atoms with Crippen LogP contribution in [0.15, 0.2) is 22.7 Å². The number of anilines is 1. The third kappa shape index (κ3) is 2.48. The van der Waals surface area contributed by atoms with Gasteiger partial charge in [0, 0.05) is 11.1 Å². The molecule has 0 saturated carbocycles. The lowest BCUT2D eigenvalue weighted by molar-refractivity contribution is 0.434. The van der Waals surface area contributed by atoms with Crippen LogP contribution in [0, 0.1) is 11.7 Å². The van der Waals surface area contributed by atoms with Gasteiger partial charge >= 0.3 is 0 Å². The Morgan fingerprint density at radius 3 is 2.78 bits per heavy atom. The lowest BCUT2D eigenvalue weighted by Gasteiger charge is -2.05. The largest absolute Gasteiger partial charge is 0.381 e. The second kappa shape index (κ2) is 4.98. The summed E-state index contributed by atoms with van der Waals surface area (Å²) < 4.78 is 18.6. The minimum absolute atomic E-state index is 0.0802. The summed E-state index contributed by atoms with van der Waals surface area (Å²) in [5.41, 5.74) is 7.18. The van der Waals surface area contributed by atoms with Gasteiger partial charge < -0.3 is 10.3 Å². The summed E-state index contributed by atoms with van der Waals surface area (Å²) in [5, 5.41) is 3.83. The molecule has 0 aliphatic rings. The first kappa shape index (κ1) is 12.9. The predicted octanol–water partition coefficient (Wildman–Crippen LogP) is 3.91. The van der Waals surface area contributed by atoms with Crippen LogP contribution in [0.2, 0.25) is 5.02 Å². The second-order valence-electron chi connectivity index (χ2n) is 4.60. The Morgan fingerprint density at radius 2 is 2.17 bits per heavy atom. The first-order valence-electron chi connectivity index (χ1n) is 5.68. The standard InChI is InChI=1S/C13H14ClFN2O/c1-7(2)5-9-12(18-17-13(9)16)8-3-4-10(14)11(15)6-8/h3-4,6-7H,5H2,1-2H3,(H2,16,17). The third-order valence-corrected chi connectivity index (χ3v) is 2.92. The molecular weight excluding hydrogens is 255 g/mol. The van der Waals surface area contributed by atoms with Gasteiger partial charge in [0.1, 0.15) is 5.82 Å². The van der Waals surface area contributed by atoms with Crippen LogP contribution in [0.4, 0.5) is 10.2 Å². The van der Waals surface area contributed by atoms with E-state index in [2.05, 4.69) is 19.0 Å². The van der Waals surface area contributed by atoms with Crippen molar-refractivity contribution in [3.63, 3.8) is 0 Å². The summed E-state index contributed by atoms with van der Waals surface area (Å²) in [4.78, 5) is 0. The van der Waals surface area contributed by atoms with Crippen LogP contribution in [0.5, 0.6) is 0 Å². The lowest BCUT2D eigenvalue weighted by Crippen LogP contribution is -1.99. The molecule has 2 N–H and O–H groups in total. The van der Waals surface area contributed by atoms with Gasteiger partial charge in [-0.15, -0.1) is 0 Å². The fourth-order valence-electron chi connectivity index (χ4n) is 1.79. The van der Waals surface area contributed by atoms with Crippen LogP contribution in [-0.2, 0) is 6.42 Å². The number of hydrogen-bond donors (Lipinski definition) is 1. The molecule has 0 amide bonds. The van der Waals surface area contributed by atoms with Gasteiger partial charge in [0.05, 0.1) is 5.02 Å². The van der Waals surface area contributed by atoms with Crippen molar-refractivity contribution in [2.45, 2.75) is 20.3 Å². The van der Waals surface area contributed by atoms with Crippen molar-refractivity contribution < 1.29 is 8.91 Å². The zero-order valence-corrected chi connectivity index (χ0v) is 11.0. The Morgan fingerprint density at radius 1 is 1.44 bits per heavy atom. The monoisotopic (exact) mass is 268 g/mol. The first-order chi connectivity index (χ1) is 8.49. The Kier molecular flexibility index (Phi) is 3.57. The van der Waals surface area contributed by atoms with Crippen molar-refractivity contribution >= 4 is 17.4 Å². The van der Waals surface area contributed by atoms with Crippen molar-refractivity contribution in [3.05, 3.63) is 34.6 Å². The highest BCUT2D eigenvalue weighted by Crippen LogP contribution is 2.31. The van der Waals surface area contributed by atoms with Crippen LogP contribution in [-0.4, -0.2) is 5.16 Å². The van der Waals surface area contributed by atoms with Crippen LogP contribution in [0.1, 0.15) is 19.4 Å². The van der Waals surface area contributed by atoms with E-state index in [4.69, 9.17) is 21.9 Å². The summed E-state index contributed by atoms with van der Waals surface area (Å²) in [6, 6.07) is 4.51. The minimum atomic E-state index is -0.486. The molecule has 2 rings (SSSR count). The average Bonchev–Trinajstić information content (AvgIpc) is 2.64. The molecule has 0 unspecified atom stereocenters. The molecule has 0 aliphatic heterocycles. The number of halogens is 2. The summed E-state index contributed by atoms with van der Waals surface area (Å²) >= 11 is 5.65. The van der Waals surface area contributed by atoms with E-state index in [0.717, 1.165) is 12.0 Å². The van der Waals surface area contributed by atoms with Crippen LogP contribution >= 0.6 is 11.6 Å². The third-order valence-electron chi connectivity index (χ3n) is 2.61. The summed E-state index contributed by atoms with van der Waals surface area (Å²) in [6.45, 7) is 4.14. The second-order valence-corrected chi connectivity index (χ2v) is 5.01. The molecule has 0 fully saturated rings. The van der Waals surface area contributed by atoms with Crippen LogP contribution < -0.4 is 5.73 Å². The number of aromatic nitrogens is 1. The van der Waals surface area contributed by atoms with Crippen LogP contribution in [0.25, 0.3) is 11.3 Å². The number of benzene rings is 1. The SMILES string of the molecule is CC(C)Cc1c(N)noc1-c1ccc(Cl)c(F)c1. The van der Waals surface area contributed by atoms with Gasteiger partial charge in [-0.1, -0.05) is 30.6 Å². The van der Waals surface area contributed by atoms with E-state index in [1.807, 2.05) is 0 Å². The highest BCUT2D eigenvalue weighted by atomic mass is 35.5. The number of hydrogen-bond acceptors (Lipinski definition) is 3. The van der Waals surface area contributed by atoms with Crippen molar-refractivity contribution in [2.24, 2.45) is 5.92 Å². The lowest BCUT2D eigenvalue weighted by atomic mass is 10.00. The smallest absolute Gasteiger partial charge is 0.172 e. The number of nitrogen functional groups attached to an aromatic ring is 1. The van der Waals surface area contributed by atoms with Gasteiger partial charge in [-0.05, 0) is 30.5 Å². The van der Waals surface area contributed by atoms with E-state index in [1.54, 1.807) is 6.07 Å². The van der Waals surface area contributed by atoms with Gasteiger partial charge in [0.25, 0.3) is 0 Å². The van der Waals surface area contributed by atoms with E-state index in [1.165, 1.54) is 12.1 Å². The van der Waals surface area contributed by atoms with Crippen molar-refractivity contribution in [1.29, 1.82) is 0 Å². The highest BCUT2D eigenvalue weighted by molar-refractivity contribution is 6.30. The molecule has 5 heteroatoms. The van der Waals surface area contributed by atoms with E-state index >= 15 is 0 Å². The Hall–Kier alpha value is -1.55. The molecule has 3 nitrogen and oxygen atoms in total. The molecule has 1 aromatic carbocycles. The van der Waals surface area contributed by atoms with E-state index < -0.39 is 5.82 Å². The maximum Gasteiger partial charge on any atom is 0.172 e. The number of nitrogens with two attached hydrogens (primary N) is 1. The maximum absolute atomic E-state index is 13.4. The van der Waals surface area contributed by atoms with E-state index in [-0.39, 0.29) is 5.02 Å². The predicted molar refractivity (Wildman–Crippen MR) is 69.9 cm³/mol. The highest BCUT2D eigenvalue weighted by Gasteiger charge is 2.17. The minimum Gasteiger partial charge on any atom is -0.381 e. The topological polar surface area (TPSA) is 52.0 Å². The molecular formula is C13H14ClFN2O. The number of nitrogens with zero attached hydrogens (tertiary/aromatic N) is 1. The zero-order valence-electron chi connectivity index (χ0n) is 10.2. The maximum atomic E-state index is 13.4.